The van der Waals surface area contributed by atoms with Gasteiger partial charge in [0.25, 0.3) is 0 Å². The van der Waals surface area contributed by atoms with Crippen LogP contribution in [0.5, 0.6) is 5.75 Å². The Hall–Kier alpha value is -1.06. The van der Waals surface area contributed by atoms with E-state index in [9.17, 15) is 0 Å². The van der Waals surface area contributed by atoms with Crippen molar-refractivity contribution in [2.45, 2.75) is 52.2 Å². The fraction of sp³-hybridized carbons (Fsp3) is 0.667. The van der Waals surface area contributed by atoms with Gasteiger partial charge in [0.15, 0.2) is 0 Å². The highest BCUT2D eigenvalue weighted by Gasteiger charge is 2.27. The molecule has 1 saturated heterocycles. The van der Waals surface area contributed by atoms with Crippen LogP contribution >= 0.6 is 0 Å². The molecule has 0 saturated carbocycles. The van der Waals surface area contributed by atoms with Crippen molar-refractivity contribution in [3.63, 3.8) is 0 Å². The lowest BCUT2D eigenvalue weighted by molar-refractivity contribution is 0.111. The smallest absolute Gasteiger partial charge is 0.119 e. The Morgan fingerprint density at radius 2 is 2.19 bits per heavy atom. The number of ether oxygens (including phenoxy) is 1. The number of hydrogen-bond acceptors (Lipinski definition) is 3. The van der Waals surface area contributed by atoms with Gasteiger partial charge in [0, 0.05) is 31.7 Å². The third-order valence-corrected chi connectivity index (χ3v) is 4.36. The highest BCUT2D eigenvalue weighted by molar-refractivity contribution is 5.28. The molecule has 1 N–H and O–H groups in total. The summed E-state index contributed by atoms with van der Waals surface area (Å²) >= 11 is 0. The number of methoxy groups -OCH3 is 1. The predicted molar refractivity (Wildman–Crippen MR) is 88.7 cm³/mol. The number of rotatable bonds is 6. The zero-order valence-electron chi connectivity index (χ0n) is 13.9. The van der Waals surface area contributed by atoms with E-state index in [4.69, 9.17) is 4.74 Å². The number of hydrogen-bond donors (Lipinski definition) is 1. The van der Waals surface area contributed by atoms with Crippen molar-refractivity contribution in [2.24, 2.45) is 5.92 Å². The van der Waals surface area contributed by atoms with Gasteiger partial charge in [0.05, 0.1) is 7.11 Å². The molecule has 0 bridgehead atoms. The summed E-state index contributed by atoms with van der Waals surface area (Å²) in [6, 6.07) is 9.72. The third-order valence-electron chi connectivity index (χ3n) is 4.36. The van der Waals surface area contributed by atoms with Crippen LogP contribution in [0, 0.1) is 5.92 Å². The molecule has 1 aliphatic rings. The molecule has 1 aromatic rings. The maximum atomic E-state index is 5.34. The van der Waals surface area contributed by atoms with Gasteiger partial charge in [-0.05, 0) is 36.5 Å². The van der Waals surface area contributed by atoms with Gasteiger partial charge >= 0.3 is 0 Å². The van der Waals surface area contributed by atoms with E-state index in [0.29, 0.717) is 12.1 Å². The average molecular weight is 290 g/mol. The normalized spacial score (nSPS) is 23.5. The van der Waals surface area contributed by atoms with Gasteiger partial charge in [-0.3, -0.25) is 4.90 Å². The lowest BCUT2D eigenvalue weighted by Gasteiger charge is -2.40. The molecule has 3 nitrogen and oxygen atoms in total. The van der Waals surface area contributed by atoms with E-state index in [1.54, 1.807) is 7.11 Å². The Morgan fingerprint density at radius 3 is 2.86 bits per heavy atom. The summed E-state index contributed by atoms with van der Waals surface area (Å²) < 4.78 is 5.34. The minimum Gasteiger partial charge on any atom is -0.497 e. The zero-order chi connectivity index (χ0) is 15.2. The van der Waals surface area contributed by atoms with Gasteiger partial charge in [0.2, 0.25) is 0 Å². The Morgan fingerprint density at radius 1 is 1.38 bits per heavy atom. The van der Waals surface area contributed by atoms with E-state index in [-0.39, 0.29) is 0 Å². The quantitative estimate of drug-likeness (QED) is 0.870. The van der Waals surface area contributed by atoms with E-state index >= 15 is 0 Å². The first-order valence-corrected chi connectivity index (χ1v) is 8.22. The first kappa shape index (κ1) is 16.3. The molecule has 1 heterocycles. The van der Waals surface area contributed by atoms with Crippen LogP contribution < -0.4 is 10.1 Å². The molecule has 2 rings (SSSR count). The number of piperazine rings is 1. The molecule has 0 spiro atoms. The number of benzene rings is 1. The van der Waals surface area contributed by atoms with E-state index in [2.05, 4.69) is 49.2 Å². The highest BCUT2D eigenvalue weighted by atomic mass is 16.5. The third kappa shape index (κ3) is 4.72. The molecular weight excluding hydrogens is 260 g/mol. The van der Waals surface area contributed by atoms with E-state index in [0.717, 1.165) is 31.3 Å². The van der Waals surface area contributed by atoms with E-state index < -0.39 is 0 Å². The first-order valence-electron chi connectivity index (χ1n) is 8.22. The number of nitrogens with zero attached hydrogens (tertiary/aromatic N) is 1. The molecule has 1 aromatic carbocycles. The Bertz CT molecular complexity index is 433. The van der Waals surface area contributed by atoms with Crippen LogP contribution in [0.15, 0.2) is 24.3 Å². The maximum absolute atomic E-state index is 5.34. The minimum absolute atomic E-state index is 0.624. The van der Waals surface area contributed by atoms with Crippen molar-refractivity contribution in [3.05, 3.63) is 29.8 Å². The predicted octanol–water partition coefficient (Wildman–Crippen LogP) is 3.29. The van der Waals surface area contributed by atoms with Crippen LogP contribution in [-0.2, 0) is 6.54 Å². The second kappa shape index (κ2) is 7.81. The Labute approximate surface area is 129 Å². The van der Waals surface area contributed by atoms with Crippen molar-refractivity contribution in [1.82, 2.24) is 10.2 Å². The summed E-state index contributed by atoms with van der Waals surface area (Å²) in [6.45, 7) is 10.2. The van der Waals surface area contributed by atoms with Gasteiger partial charge in [-0.25, -0.2) is 0 Å². The largest absolute Gasteiger partial charge is 0.497 e. The number of nitrogens with one attached hydrogen (secondary N) is 1. The molecule has 118 valence electrons. The average Bonchev–Trinajstić information content (AvgIpc) is 2.47. The molecule has 2 unspecified atom stereocenters. The lowest BCUT2D eigenvalue weighted by Crippen LogP contribution is -2.56. The fourth-order valence-corrected chi connectivity index (χ4v) is 3.26. The fourth-order valence-electron chi connectivity index (χ4n) is 3.26. The molecule has 3 heteroatoms. The van der Waals surface area contributed by atoms with Crippen LogP contribution in [0.2, 0.25) is 0 Å². The molecule has 0 aliphatic carbocycles. The molecule has 0 amide bonds. The molecular formula is C18H30N2O. The van der Waals surface area contributed by atoms with E-state index in [1.165, 1.54) is 18.4 Å². The summed E-state index contributed by atoms with van der Waals surface area (Å²) in [4.78, 5) is 2.64. The van der Waals surface area contributed by atoms with Crippen molar-refractivity contribution >= 4 is 0 Å². The summed E-state index contributed by atoms with van der Waals surface area (Å²) in [6.07, 6.45) is 2.45. The topological polar surface area (TPSA) is 24.5 Å². The molecule has 21 heavy (non-hydrogen) atoms. The van der Waals surface area contributed by atoms with Crippen molar-refractivity contribution in [1.29, 1.82) is 0 Å². The van der Waals surface area contributed by atoms with Gasteiger partial charge in [-0.15, -0.1) is 0 Å². The second-order valence-electron chi connectivity index (χ2n) is 6.58. The highest BCUT2D eigenvalue weighted by Crippen LogP contribution is 2.20. The maximum Gasteiger partial charge on any atom is 0.119 e. The molecule has 1 fully saturated rings. The van der Waals surface area contributed by atoms with Gasteiger partial charge in [0.1, 0.15) is 5.75 Å². The second-order valence-corrected chi connectivity index (χ2v) is 6.58. The molecule has 0 aromatic heterocycles. The monoisotopic (exact) mass is 290 g/mol. The van der Waals surface area contributed by atoms with Crippen LogP contribution in [0.4, 0.5) is 0 Å². The summed E-state index contributed by atoms with van der Waals surface area (Å²) in [5, 5.41) is 3.72. The zero-order valence-corrected chi connectivity index (χ0v) is 13.9. The standard InChI is InChI=1S/C18H30N2O/c1-5-17-11-19-16(9-14(2)3)13-20(17)12-15-7-6-8-18(10-15)21-4/h6-8,10,14,16-17,19H,5,9,11-13H2,1-4H3. The molecule has 1 aliphatic heterocycles. The molecule has 0 radical (unpaired) electrons. The summed E-state index contributed by atoms with van der Waals surface area (Å²) in [7, 11) is 1.73. The van der Waals surface area contributed by atoms with Crippen LogP contribution in [0.1, 0.15) is 39.2 Å². The van der Waals surface area contributed by atoms with Crippen molar-refractivity contribution in [3.8, 4) is 5.75 Å². The first-order chi connectivity index (χ1) is 10.1. The van der Waals surface area contributed by atoms with Crippen LogP contribution in [0.3, 0.4) is 0 Å². The Balaban J connectivity index is 2.02. The van der Waals surface area contributed by atoms with Gasteiger partial charge in [-0.1, -0.05) is 32.9 Å². The minimum atomic E-state index is 0.624. The van der Waals surface area contributed by atoms with Crippen LogP contribution in [0.25, 0.3) is 0 Å². The van der Waals surface area contributed by atoms with Gasteiger partial charge < -0.3 is 10.1 Å². The SMILES string of the molecule is CCC1CNC(CC(C)C)CN1Cc1cccc(OC)c1. The summed E-state index contributed by atoms with van der Waals surface area (Å²) in [5.74, 6) is 1.70. The van der Waals surface area contributed by atoms with Crippen molar-refractivity contribution < 1.29 is 4.74 Å². The van der Waals surface area contributed by atoms with E-state index in [1.807, 2.05) is 6.07 Å². The van der Waals surface area contributed by atoms with Crippen molar-refractivity contribution in [2.75, 3.05) is 20.2 Å². The summed E-state index contributed by atoms with van der Waals surface area (Å²) in [5.41, 5.74) is 1.35. The lowest BCUT2D eigenvalue weighted by atomic mass is 9.98. The Kier molecular flexibility index (Phi) is 6.07. The van der Waals surface area contributed by atoms with Crippen LogP contribution in [-0.4, -0.2) is 37.2 Å². The van der Waals surface area contributed by atoms with Gasteiger partial charge in [-0.2, -0.15) is 0 Å². The molecule has 2 atom stereocenters.